The van der Waals surface area contributed by atoms with E-state index >= 15 is 0 Å². The van der Waals surface area contributed by atoms with Gasteiger partial charge in [0.25, 0.3) is 0 Å². The summed E-state index contributed by atoms with van der Waals surface area (Å²) in [6.07, 6.45) is 3.46. The maximum absolute atomic E-state index is 12.2. The fourth-order valence-corrected chi connectivity index (χ4v) is 2.23. The molecule has 0 atom stereocenters. The van der Waals surface area contributed by atoms with Gasteiger partial charge in [-0.3, -0.25) is 4.68 Å². The van der Waals surface area contributed by atoms with Crippen LogP contribution in [0.5, 0.6) is 0 Å². The number of fused-ring (bicyclic) bond motifs is 1. The number of halogens is 1. The quantitative estimate of drug-likeness (QED) is 0.680. The van der Waals surface area contributed by atoms with E-state index < -0.39 is 12.6 Å². The summed E-state index contributed by atoms with van der Waals surface area (Å²) in [4.78, 5) is 19.0. The Labute approximate surface area is 131 Å². The zero-order chi connectivity index (χ0) is 16.2. The number of ether oxygens (including phenoxy) is 1. The number of rotatable bonds is 6. The minimum atomic E-state index is -0.444. The molecule has 0 aliphatic carbocycles. The highest BCUT2D eigenvalue weighted by molar-refractivity contribution is 5.93. The molecule has 0 fully saturated rings. The normalized spacial score (nSPS) is 10.9. The number of hydrogen-bond donors (Lipinski definition) is 2. The first-order valence-electron chi connectivity index (χ1n) is 7.09. The van der Waals surface area contributed by atoms with Gasteiger partial charge < -0.3 is 15.0 Å². The predicted molar refractivity (Wildman–Crippen MR) is 83.0 cm³/mol. The molecular formula is C15H16FN5O2. The summed E-state index contributed by atoms with van der Waals surface area (Å²) in [5, 5.41) is 7.19. The highest BCUT2D eigenvalue weighted by Gasteiger charge is 2.09. The summed E-state index contributed by atoms with van der Waals surface area (Å²) in [5.74, 6) is 0.191. The maximum Gasteiger partial charge on any atom is 0.337 e. The summed E-state index contributed by atoms with van der Waals surface area (Å²) in [6, 6.07) is 5.11. The molecule has 0 saturated heterocycles. The van der Waals surface area contributed by atoms with Crippen molar-refractivity contribution in [2.24, 2.45) is 0 Å². The monoisotopic (exact) mass is 317 g/mol. The lowest BCUT2D eigenvalue weighted by Gasteiger charge is -1.99. The summed E-state index contributed by atoms with van der Waals surface area (Å²) < 4.78 is 18.5. The Kier molecular flexibility index (Phi) is 4.22. The van der Waals surface area contributed by atoms with Gasteiger partial charge in [0.2, 0.25) is 5.95 Å². The second-order valence-corrected chi connectivity index (χ2v) is 4.96. The first-order chi connectivity index (χ1) is 11.2. The number of hydrogen-bond acceptors (Lipinski definition) is 5. The van der Waals surface area contributed by atoms with Gasteiger partial charge in [0.15, 0.2) is 0 Å². The van der Waals surface area contributed by atoms with Gasteiger partial charge >= 0.3 is 5.97 Å². The zero-order valence-corrected chi connectivity index (χ0v) is 12.5. The van der Waals surface area contributed by atoms with Crippen LogP contribution in [0, 0.1) is 0 Å². The van der Waals surface area contributed by atoms with Crippen molar-refractivity contribution in [2.45, 2.75) is 13.1 Å². The van der Waals surface area contributed by atoms with Crippen LogP contribution in [0.1, 0.15) is 15.9 Å². The van der Waals surface area contributed by atoms with Gasteiger partial charge in [0.1, 0.15) is 6.67 Å². The zero-order valence-electron chi connectivity index (χ0n) is 12.5. The molecule has 0 bridgehead atoms. The minimum absolute atomic E-state index is 0.251. The Balaban J connectivity index is 1.71. The first kappa shape index (κ1) is 15.0. The lowest BCUT2D eigenvalue weighted by molar-refractivity contribution is 0.0601. The third kappa shape index (κ3) is 3.31. The number of carbonyl (C=O) groups is 1. The number of anilines is 1. The molecule has 8 heteroatoms. The van der Waals surface area contributed by atoms with E-state index in [1.807, 2.05) is 0 Å². The number of aryl methyl sites for hydroxylation is 1. The highest BCUT2D eigenvalue weighted by Crippen LogP contribution is 2.17. The van der Waals surface area contributed by atoms with E-state index in [0.717, 1.165) is 16.6 Å². The Hall–Kier alpha value is -2.90. The van der Waals surface area contributed by atoms with Crippen molar-refractivity contribution in [1.82, 2.24) is 19.7 Å². The molecule has 0 unspecified atom stereocenters. The molecule has 2 heterocycles. The molecule has 7 nitrogen and oxygen atoms in total. The average molecular weight is 317 g/mol. The molecular weight excluding hydrogens is 301 g/mol. The van der Waals surface area contributed by atoms with Gasteiger partial charge in [-0.15, -0.1) is 0 Å². The summed E-state index contributed by atoms with van der Waals surface area (Å²) in [5.41, 5.74) is 2.87. The van der Waals surface area contributed by atoms with Gasteiger partial charge in [0, 0.05) is 18.3 Å². The van der Waals surface area contributed by atoms with Gasteiger partial charge in [0.05, 0.1) is 36.4 Å². The van der Waals surface area contributed by atoms with Gasteiger partial charge in [-0.25, -0.2) is 14.2 Å². The maximum atomic E-state index is 12.2. The molecule has 2 N–H and O–H groups in total. The number of benzene rings is 1. The molecule has 2 aromatic heterocycles. The van der Waals surface area contributed by atoms with Crippen molar-refractivity contribution in [1.29, 1.82) is 0 Å². The molecule has 120 valence electrons. The van der Waals surface area contributed by atoms with E-state index in [-0.39, 0.29) is 6.54 Å². The van der Waals surface area contributed by atoms with Crippen molar-refractivity contribution in [3.05, 3.63) is 41.7 Å². The number of aromatic nitrogens is 4. The van der Waals surface area contributed by atoms with Crippen LogP contribution in [0.4, 0.5) is 10.3 Å². The Morgan fingerprint density at radius 1 is 1.48 bits per heavy atom. The predicted octanol–water partition coefficient (Wildman–Crippen LogP) is 2.13. The number of nitrogens with one attached hydrogen (secondary N) is 2. The fraction of sp³-hybridized carbons (Fsp3) is 0.267. The number of alkyl halides is 1. The van der Waals surface area contributed by atoms with Gasteiger partial charge in [-0.05, 0) is 18.2 Å². The number of imidazole rings is 1. The lowest BCUT2D eigenvalue weighted by atomic mass is 10.2. The smallest absolute Gasteiger partial charge is 0.337 e. The van der Waals surface area contributed by atoms with Gasteiger partial charge in [-0.2, -0.15) is 5.10 Å². The van der Waals surface area contributed by atoms with Crippen molar-refractivity contribution in [3.8, 4) is 0 Å². The molecule has 0 amide bonds. The van der Waals surface area contributed by atoms with E-state index in [2.05, 4.69) is 20.4 Å². The molecule has 3 aromatic rings. The van der Waals surface area contributed by atoms with E-state index in [1.165, 1.54) is 7.11 Å². The van der Waals surface area contributed by atoms with Crippen molar-refractivity contribution in [2.75, 3.05) is 19.1 Å². The molecule has 23 heavy (non-hydrogen) atoms. The topological polar surface area (TPSA) is 84.8 Å². The summed E-state index contributed by atoms with van der Waals surface area (Å²) in [6.45, 7) is 0.317. The molecule has 0 saturated carbocycles. The molecule has 0 aliphatic heterocycles. The Bertz CT molecular complexity index is 826. The van der Waals surface area contributed by atoms with Crippen molar-refractivity contribution < 1.29 is 13.9 Å². The van der Waals surface area contributed by atoms with Crippen LogP contribution in [0.25, 0.3) is 11.0 Å². The first-order valence-corrected chi connectivity index (χ1v) is 7.09. The van der Waals surface area contributed by atoms with E-state index in [4.69, 9.17) is 4.74 Å². The van der Waals surface area contributed by atoms with Crippen molar-refractivity contribution in [3.63, 3.8) is 0 Å². The second-order valence-electron chi connectivity index (χ2n) is 4.96. The average Bonchev–Trinajstić information content (AvgIpc) is 3.17. The standard InChI is InChI=1S/C15H16FN5O2/c1-23-14(22)11-2-3-12-13(6-11)20-15(19-12)17-7-10-8-18-21(9-10)5-4-16/h2-3,6,8-9H,4-5,7H2,1H3,(H2,17,19,20). The molecule has 0 spiro atoms. The highest BCUT2D eigenvalue weighted by atomic mass is 19.1. The minimum Gasteiger partial charge on any atom is -0.465 e. The van der Waals surface area contributed by atoms with Crippen molar-refractivity contribution >= 4 is 23.0 Å². The lowest BCUT2D eigenvalue weighted by Crippen LogP contribution is -2.01. The SMILES string of the molecule is COC(=O)c1ccc2nc(NCc3cnn(CCF)c3)[nH]c2c1. The number of methoxy groups -OCH3 is 1. The van der Waals surface area contributed by atoms with Gasteiger partial charge in [-0.1, -0.05) is 0 Å². The summed E-state index contributed by atoms with van der Waals surface area (Å²) >= 11 is 0. The van der Waals surface area contributed by atoms with Crippen LogP contribution < -0.4 is 5.32 Å². The van der Waals surface area contributed by atoms with E-state index in [9.17, 15) is 9.18 Å². The fourth-order valence-electron chi connectivity index (χ4n) is 2.23. The molecule has 1 aromatic carbocycles. The third-order valence-electron chi connectivity index (χ3n) is 3.36. The largest absolute Gasteiger partial charge is 0.465 e. The molecule has 3 rings (SSSR count). The Morgan fingerprint density at radius 2 is 2.35 bits per heavy atom. The van der Waals surface area contributed by atoms with Crippen LogP contribution in [0.2, 0.25) is 0 Å². The van der Waals surface area contributed by atoms with E-state index in [1.54, 1.807) is 35.3 Å². The van der Waals surface area contributed by atoms with E-state index in [0.29, 0.717) is 18.1 Å². The van der Waals surface area contributed by atoms with Crippen LogP contribution in [0.15, 0.2) is 30.6 Å². The number of aromatic amines is 1. The number of H-pyrrole nitrogens is 1. The number of carbonyl (C=O) groups excluding carboxylic acids is 1. The van der Waals surface area contributed by atoms with Crippen LogP contribution in [0.3, 0.4) is 0 Å². The molecule has 0 radical (unpaired) electrons. The molecule has 0 aliphatic rings. The Morgan fingerprint density at radius 3 is 3.13 bits per heavy atom. The van der Waals surface area contributed by atoms with Crippen LogP contribution >= 0.6 is 0 Å². The number of nitrogens with zero attached hydrogens (tertiary/aromatic N) is 3. The second kappa shape index (κ2) is 6.47. The summed E-state index contributed by atoms with van der Waals surface area (Å²) in [7, 11) is 1.34. The number of esters is 1. The van der Waals surface area contributed by atoms with Crippen LogP contribution in [-0.4, -0.2) is 39.5 Å². The third-order valence-corrected chi connectivity index (χ3v) is 3.36. The van der Waals surface area contributed by atoms with Crippen LogP contribution in [-0.2, 0) is 17.8 Å².